The first-order valence-corrected chi connectivity index (χ1v) is 7.29. The van der Waals surface area contributed by atoms with Crippen LogP contribution in [0.1, 0.15) is 43.4 Å². The third kappa shape index (κ3) is 5.71. The van der Waals surface area contributed by atoms with E-state index in [4.69, 9.17) is 16.3 Å². The quantitative estimate of drug-likeness (QED) is 0.397. The van der Waals surface area contributed by atoms with E-state index in [9.17, 15) is 4.79 Å². The number of ether oxygens (including phenoxy) is 2. The minimum atomic E-state index is -0.156. The van der Waals surface area contributed by atoms with Crippen LogP contribution in [-0.4, -0.2) is 30.2 Å². The topological polar surface area (TPSA) is 61.3 Å². The third-order valence-electron chi connectivity index (χ3n) is 3.15. The largest absolute Gasteiger partial charge is 0.481 e. The van der Waals surface area contributed by atoms with Gasteiger partial charge in [-0.05, 0) is 36.9 Å². The second-order valence-electron chi connectivity index (χ2n) is 4.56. The molecule has 0 radical (unpaired) electrons. The summed E-state index contributed by atoms with van der Waals surface area (Å²) in [5, 5.41) is 0.156. The van der Waals surface area contributed by atoms with Crippen LogP contribution in [0.3, 0.4) is 0 Å². The summed E-state index contributed by atoms with van der Waals surface area (Å²) in [7, 11) is 2.97. The fourth-order valence-corrected chi connectivity index (χ4v) is 2.22. The van der Waals surface area contributed by atoms with Gasteiger partial charge in [0.05, 0.1) is 19.9 Å². The molecule has 1 aromatic heterocycles. The molecule has 0 N–H and O–H groups in total. The first kappa shape index (κ1) is 17.4. The average molecular weight is 313 g/mol. The molecule has 0 fully saturated rings. The average Bonchev–Trinajstić information content (AvgIpc) is 2.50. The number of nitrogens with zero attached hydrogens (tertiary/aromatic N) is 2. The Hall–Kier alpha value is -1.62. The Kier molecular flexibility index (Phi) is 7.75. The summed E-state index contributed by atoms with van der Waals surface area (Å²) in [6.07, 6.45) is 6.72. The van der Waals surface area contributed by atoms with Crippen LogP contribution in [0.2, 0.25) is 5.28 Å². The fourth-order valence-electron chi connectivity index (χ4n) is 2.05. The molecule has 0 atom stereocenters. The van der Waals surface area contributed by atoms with E-state index in [1.807, 2.05) is 0 Å². The highest BCUT2D eigenvalue weighted by Gasteiger charge is 2.12. The molecule has 0 unspecified atom stereocenters. The summed E-state index contributed by atoms with van der Waals surface area (Å²) in [5.74, 6) is 0.344. The second-order valence-corrected chi connectivity index (χ2v) is 4.90. The van der Waals surface area contributed by atoms with Gasteiger partial charge in [0.25, 0.3) is 0 Å². The van der Waals surface area contributed by atoms with E-state index in [0.717, 1.165) is 37.7 Å². The van der Waals surface area contributed by atoms with E-state index in [1.54, 1.807) is 13.2 Å². The van der Waals surface area contributed by atoms with Gasteiger partial charge in [-0.3, -0.25) is 4.79 Å². The number of aromatic nitrogens is 2. The van der Waals surface area contributed by atoms with Crippen molar-refractivity contribution in [2.45, 2.75) is 38.5 Å². The number of hydrogen-bond donors (Lipinski definition) is 0. The summed E-state index contributed by atoms with van der Waals surface area (Å²) in [6.45, 7) is 3.74. The molecule has 0 aliphatic heterocycles. The molecule has 0 spiro atoms. The van der Waals surface area contributed by atoms with Gasteiger partial charge in [-0.2, -0.15) is 4.98 Å². The van der Waals surface area contributed by atoms with Crippen LogP contribution in [0, 0.1) is 0 Å². The highest BCUT2D eigenvalue weighted by Crippen LogP contribution is 2.24. The van der Waals surface area contributed by atoms with Gasteiger partial charge in [-0.25, -0.2) is 4.98 Å². The number of unbranched alkanes of at least 4 members (excludes halogenated alkanes) is 3. The van der Waals surface area contributed by atoms with E-state index in [1.165, 1.54) is 7.11 Å². The maximum atomic E-state index is 11.0. The van der Waals surface area contributed by atoms with Crippen molar-refractivity contribution in [3.63, 3.8) is 0 Å². The smallest absolute Gasteiger partial charge is 0.305 e. The zero-order chi connectivity index (χ0) is 15.7. The van der Waals surface area contributed by atoms with E-state index >= 15 is 0 Å². The number of methoxy groups -OCH3 is 2. The van der Waals surface area contributed by atoms with Gasteiger partial charge < -0.3 is 9.47 Å². The Morgan fingerprint density at radius 1 is 1.24 bits per heavy atom. The Bertz CT molecular complexity index is 492. The van der Waals surface area contributed by atoms with Crippen molar-refractivity contribution >= 4 is 23.6 Å². The Morgan fingerprint density at radius 3 is 2.57 bits per heavy atom. The SMILES string of the molecule is C=Cc1nc(Cl)nc(OC)c1CCCCCCC(=O)OC. The lowest BCUT2D eigenvalue weighted by Gasteiger charge is -2.10. The lowest BCUT2D eigenvalue weighted by atomic mass is 10.0. The number of halogens is 1. The number of carbonyl (C=O) groups is 1. The molecule has 0 bridgehead atoms. The molecular formula is C15H21ClN2O3. The maximum Gasteiger partial charge on any atom is 0.305 e. The molecule has 0 aromatic carbocycles. The van der Waals surface area contributed by atoms with Crippen molar-refractivity contribution in [1.29, 1.82) is 0 Å². The number of rotatable bonds is 9. The molecule has 21 heavy (non-hydrogen) atoms. The van der Waals surface area contributed by atoms with E-state index < -0.39 is 0 Å². The standard InChI is InChI=1S/C15H21ClN2O3/c1-4-12-11(14(21-3)18-15(16)17-12)9-7-5-6-8-10-13(19)20-2/h4H,1,5-10H2,2-3H3. The molecule has 5 nitrogen and oxygen atoms in total. The molecule has 0 saturated carbocycles. The molecule has 0 saturated heterocycles. The maximum absolute atomic E-state index is 11.0. The van der Waals surface area contributed by atoms with E-state index in [0.29, 0.717) is 18.0 Å². The first-order valence-electron chi connectivity index (χ1n) is 6.92. The summed E-state index contributed by atoms with van der Waals surface area (Å²) < 4.78 is 9.85. The zero-order valence-electron chi connectivity index (χ0n) is 12.5. The minimum Gasteiger partial charge on any atom is -0.481 e. The highest BCUT2D eigenvalue weighted by molar-refractivity contribution is 6.28. The van der Waals surface area contributed by atoms with Crippen LogP contribution >= 0.6 is 11.6 Å². The van der Waals surface area contributed by atoms with Gasteiger partial charge in [0.1, 0.15) is 0 Å². The Labute approximate surface area is 130 Å². The van der Waals surface area contributed by atoms with E-state index in [-0.39, 0.29) is 11.3 Å². The first-order chi connectivity index (χ1) is 10.1. The summed E-state index contributed by atoms with van der Waals surface area (Å²) in [6, 6.07) is 0. The molecular weight excluding hydrogens is 292 g/mol. The van der Waals surface area contributed by atoms with E-state index in [2.05, 4.69) is 21.3 Å². The number of hydrogen-bond acceptors (Lipinski definition) is 5. The normalized spacial score (nSPS) is 10.2. The second kappa shape index (κ2) is 9.34. The van der Waals surface area contributed by atoms with Gasteiger partial charge in [-0.1, -0.05) is 19.4 Å². The Morgan fingerprint density at radius 2 is 1.95 bits per heavy atom. The van der Waals surface area contributed by atoms with Crippen molar-refractivity contribution in [2.75, 3.05) is 14.2 Å². The van der Waals surface area contributed by atoms with Crippen molar-refractivity contribution in [1.82, 2.24) is 9.97 Å². The van der Waals surface area contributed by atoms with Crippen LogP contribution in [0.15, 0.2) is 6.58 Å². The highest BCUT2D eigenvalue weighted by atomic mass is 35.5. The lowest BCUT2D eigenvalue weighted by molar-refractivity contribution is -0.140. The third-order valence-corrected chi connectivity index (χ3v) is 3.31. The summed E-state index contributed by atoms with van der Waals surface area (Å²) in [4.78, 5) is 19.2. The zero-order valence-corrected chi connectivity index (χ0v) is 13.3. The molecule has 1 aromatic rings. The van der Waals surface area contributed by atoms with Crippen LogP contribution in [0.4, 0.5) is 0 Å². The van der Waals surface area contributed by atoms with Crippen LogP contribution in [0.5, 0.6) is 5.88 Å². The van der Waals surface area contributed by atoms with Crippen molar-refractivity contribution in [3.05, 3.63) is 23.1 Å². The lowest BCUT2D eigenvalue weighted by Crippen LogP contribution is -2.02. The van der Waals surface area contributed by atoms with Crippen LogP contribution in [-0.2, 0) is 16.0 Å². The van der Waals surface area contributed by atoms with Crippen molar-refractivity contribution < 1.29 is 14.3 Å². The minimum absolute atomic E-state index is 0.156. The van der Waals surface area contributed by atoms with Gasteiger partial charge in [0.15, 0.2) is 0 Å². The number of carbonyl (C=O) groups excluding carboxylic acids is 1. The Balaban J connectivity index is 2.48. The monoisotopic (exact) mass is 312 g/mol. The van der Waals surface area contributed by atoms with Crippen LogP contribution in [0.25, 0.3) is 6.08 Å². The predicted molar refractivity (Wildman–Crippen MR) is 82.5 cm³/mol. The van der Waals surface area contributed by atoms with Gasteiger partial charge in [0.2, 0.25) is 11.2 Å². The summed E-state index contributed by atoms with van der Waals surface area (Å²) in [5.41, 5.74) is 1.63. The molecule has 116 valence electrons. The van der Waals surface area contributed by atoms with Gasteiger partial charge >= 0.3 is 5.97 Å². The molecule has 0 aliphatic carbocycles. The number of esters is 1. The molecule has 1 heterocycles. The van der Waals surface area contributed by atoms with Gasteiger partial charge in [0, 0.05) is 12.0 Å². The van der Waals surface area contributed by atoms with Crippen molar-refractivity contribution in [2.24, 2.45) is 0 Å². The molecule has 1 rings (SSSR count). The van der Waals surface area contributed by atoms with Crippen LogP contribution < -0.4 is 4.74 Å². The summed E-state index contributed by atoms with van der Waals surface area (Å²) >= 11 is 5.83. The molecule has 0 amide bonds. The van der Waals surface area contributed by atoms with Gasteiger partial charge in [-0.15, -0.1) is 0 Å². The predicted octanol–water partition coefficient (Wildman–Crippen LogP) is 3.45. The van der Waals surface area contributed by atoms with Crippen molar-refractivity contribution in [3.8, 4) is 5.88 Å². The molecule has 6 heteroatoms. The fraction of sp³-hybridized carbons (Fsp3) is 0.533. The molecule has 0 aliphatic rings.